The van der Waals surface area contributed by atoms with Gasteiger partial charge in [0.05, 0.1) is 23.7 Å². The maximum absolute atomic E-state index is 11.2. The van der Waals surface area contributed by atoms with Gasteiger partial charge in [-0.05, 0) is 101 Å². The number of fused-ring (bicyclic) bond motifs is 10. The maximum Gasteiger partial charge on any atom is 0.317 e. The monoisotopic (exact) mass is 494 g/mol. The van der Waals surface area contributed by atoms with Crippen LogP contribution in [-0.4, -0.2) is 40.5 Å². The molecule has 6 fully saturated rings. The summed E-state index contributed by atoms with van der Waals surface area (Å²) in [6, 6.07) is 0. The zero-order valence-corrected chi connectivity index (χ0v) is 22.7. The van der Waals surface area contributed by atoms with E-state index in [0.29, 0.717) is 23.7 Å². The Hall–Kier alpha value is -1.33. The van der Waals surface area contributed by atoms with Crippen molar-refractivity contribution in [3.05, 3.63) is 0 Å². The molecule has 9 heteroatoms. The highest BCUT2D eigenvalue weighted by molar-refractivity contribution is 6.83. The van der Waals surface area contributed by atoms with Crippen molar-refractivity contribution in [2.45, 2.75) is 77.8 Å². The van der Waals surface area contributed by atoms with E-state index in [1.807, 2.05) is 0 Å². The summed E-state index contributed by atoms with van der Waals surface area (Å²) in [6.45, 7) is 13.4. The molecule has 184 valence electrons. The van der Waals surface area contributed by atoms with E-state index in [9.17, 15) is 19.2 Å². The molecule has 0 aromatic heterocycles. The summed E-state index contributed by atoms with van der Waals surface area (Å²) in [6.07, 6.45) is 6.64. The van der Waals surface area contributed by atoms with Gasteiger partial charge >= 0.3 is 23.9 Å². The Morgan fingerprint density at radius 1 is 0.545 bits per heavy atom. The van der Waals surface area contributed by atoms with Gasteiger partial charge in [-0.25, -0.2) is 0 Å². The molecule has 2 saturated heterocycles. The van der Waals surface area contributed by atoms with Gasteiger partial charge in [-0.3, -0.25) is 19.2 Å². The minimum atomic E-state index is -1.23. The van der Waals surface area contributed by atoms with Crippen molar-refractivity contribution >= 4 is 40.5 Å². The second kappa shape index (κ2) is 8.71. The normalized spacial score (nSPS) is 39.9. The van der Waals surface area contributed by atoms with E-state index in [1.54, 1.807) is 0 Å². The number of hydrogen-bond donors (Lipinski definition) is 0. The molecule has 2 heterocycles. The van der Waals surface area contributed by atoms with Crippen LogP contribution in [0.4, 0.5) is 0 Å². The van der Waals surface area contributed by atoms with Crippen LogP contribution in [-0.2, 0) is 32.8 Å². The highest BCUT2D eigenvalue weighted by Gasteiger charge is 2.60. The van der Waals surface area contributed by atoms with Crippen molar-refractivity contribution in [2.24, 2.45) is 47.3 Å². The standard InChI is InChI=1S/2C9H10O3.C6H18OSi2/c2*10-8-6-4-1-2-5(3-4)7(6)9(11)12-8;1-8(2,3)7-9(4,5)6/h2*4-7H,1-3H2;1-6H3. The van der Waals surface area contributed by atoms with E-state index in [1.165, 1.54) is 0 Å². The molecule has 0 radical (unpaired) electrons. The quantitative estimate of drug-likeness (QED) is 0.323. The second-order valence-electron chi connectivity index (χ2n) is 12.6. The van der Waals surface area contributed by atoms with Gasteiger partial charge in [0.2, 0.25) is 0 Å². The fraction of sp³-hybridized carbons (Fsp3) is 0.833. The smallest absolute Gasteiger partial charge is 0.317 e. The van der Waals surface area contributed by atoms with Crippen LogP contribution in [0.1, 0.15) is 38.5 Å². The van der Waals surface area contributed by atoms with Gasteiger partial charge < -0.3 is 13.6 Å². The zero-order chi connectivity index (χ0) is 24.3. The second-order valence-corrected chi connectivity index (χ2v) is 21.8. The summed E-state index contributed by atoms with van der Waals surface area (Å²) >= 11 is 0. The molecule has 33 heavy (non-hydrogen) atoms. The number of carbonyl (C=O) groups excluding carboxylic acids is 4. The Labute approximate surface area is 198 Å². The van der Waals surface area contributed by atoms with Gasteiger partial charge in [0, 0.05) is 0 Å². The molecule has 6 rings (SSSR count). The largest absolute Gasteiger partial charge is 0.456 e. The Kier molecular flexibility index (Phi) is 6.55. The molecule has 4 aliphatic carbocycles. The summed E-state index contributed by atoms with van der Waals surface area (Å²) in [5, 5.41) is 0. The number of esters is 4. The first-order valence-electron chi connectivity index (χ1n) is 12.5. The van der Waals surface area contributed by atoms with Crippen LogP contribution in [0.3, 0.4) is 0 Å². The molecule has 0 aromatic carbocycles. The van der Waals surface area contributed by atoms with E-state index in [0.717, 1.165) is 38.5 Å². The van der Waals surface area contributed by atoms with Crippen LogP contribution in [0.25, 0.3) is 0 Å². The molecule has 0 spiro atoms. The number of ether oxygens (including phenoxy) is 2. The number of hydrogen-bond acceptors (Lipinski definition) is 7. The third kappa shape index (κ3) is 5.05. The average molecular weight is 495 g/mol. The summed E-state index contributed by atoms with van der Waals surface area (Å²) in [5.74, 6) is 0.583. The highest BCUT2D eigenvalue weighted by Crippen LogP contribution is 2.56. The fourth-order valence-electron chi connectivity index (χ4n) is 7.33. The Morgan fingerprint density at radius 2 is 0.788 bits per heavy atom. The van der Waals surface area contributed by atoms with E-state index in [-0.39, 0.29) is 47.5 Å². The number of carbonyl (C=O) groups is 4. The van der Waals surface area contributed by atoms with Crippen LogP contribution in [0.2, 0.25) is 39.3 Å². The lowest BCUT2D eigenvalue weighted by Gasteiger charge is -2.27. The predicted molar refractivity (Wildman–Crippen MR) is 126 cm³/mol. The summed E-state index contributed by atoms with van der Waals surface area (Å²) in [5.41, 5.74) is 0. The first-order valence-corrected chi connectivity index (χ1v) is 19.3. The number of cyclic esters (lactones) is 4. The molecule has 8 atom stereocenters. The molecule has 4 saturated carbocycles. The lowest BCUT2D eigenvalue weighted by atomic mass is 9.81. The summed E-state index contributed by atoms with van der Waals surface area (Å²) in [7, 11) is -2.46. The van der Waals surface area contributed by atoms with Crippen LogP contribution in [0.15, 0.2) is 0 Å². The molecule has 0 aromatic rings. The van der Waals surface area contributed by atoms with E-state index < -0.39 is 16.6 Å². The SMILES string of the molecule is C[Si](C)(C)O[Si](C)(C)C.O=C1OC(=O)C2C3CCC(C3)C12.O=C1OC(=O)C2C3CCC(C3)C12. The van der Waals surface area contributed by atoms with E-state index >= 15 is 0 Å². The van der Waals surface area contributed by atoms with Crippen molar-refractivity contribution in [3.8, 4) is 0 Å². The molecule has 8 unspecified atom stereocenters. The third-order valence-corrected chi connectivity index (χ3v) is 12.8. The summed E-state index contributed by atoms with van der Waals surface area (Å²) < 4.78 is 15.2. The van der Waals surface area contributed by atoms with Gasteiger partial charge in [-0.15, -0.1) is 0 Å². The fourth-order valence-corrected chi connectivity index (χ4v) is 14.7. The highest BCUT2D eigenvalue weighted by atomic mass is 28.4. The third-order valence-electron chi connectivity index (χ3n) is 7.94. The van der Waals surface area contributed by atoms with Crippen molar-refractivity contribution < 1.29 is 32.8 Å². The van der Waals surface area contributed by atoms with Crippen LogP contribution >= 0.6 is 0 Å². The lowest BCUT2D eigenvalue weighted by Crippen LogP contribution is -2.39. The Balaban J connectivity index is 0.000000120. The number of rotatable bonds is 2. The maximum atomic E-state index is 11.2. The van der Waals surface area contributed by atoms with Gasteiger partial charge in [0.1, 0.15) is 0 Å². The van der Waals surface area contributed by atoms with Crippen molar-refractivity contribution in [3.63, 3.8) is 0 Å². The van der Waals surface area contributed by atoms with E-state index in [2.05, 4.69) is 48.8 Å². The molecule has 6 aliphatic rings. The molecule has 2 aliphatic heterocycles. The topological polar surface area (TPSA) is 96.0 Å². The minimum Gasteiger partial charge on any atom is -0.456 e. The van der Waals surface area contributed by atoms with Crippen molar-refractivity contribution in [1.29, 1.82) is 0 Å². The first kappa shape index (κ1) is 24.8. The lowest BCUT2D eigenvalue weighted by molar-refractivity contribution is -0.156. The molecular weight excluding hydrogens is 456 g/mol. The zero-order valence-electron chi connectivity index (χ0n) is 20.7. The van der Waals surface area contributed by atoms with E-state index in [4.69, 9.17) is 4.12 Å². The Morgan fingerprint density at radius 3 is 0.970 bits per heavy atom. The van der Waals surface area contributed by atoms with Crippen LogP contribution < -0.4 is 0 Å². The van der Waals surface area contributed by atoms with Gasteiger partial charge in [0.15, 0.2) is 16.6 Å². The van der Waals surface area contributed by atoms with Gasteiger partial charge in [-0.1, -0.05) is 0 Å². The molecule has 4 bridgehead atoms. The van der Waals surface area contributed by atoms with Crippen LogP contribution in [0, 0.1) is 47.3 Å². The van der Waals surface area contributed by atoms with Gasteiger partial charge in [0.25, 0.3) is 0 Å². The summed E-state index contributed by atoms with van der Waals surface area (Å²) in [4.78, 5) is 44.9. The average Bonchev–Trinajstić information content (AvgIpc) is 3.46. The Bertz CT molecular complexity index is 723. The van der Waals surface area contributed by atoms with Crippen molar-refractivity contribution in [1.82, 2.24) is 0 Å². The van der Waals surface area contributed by atoms with Crippen molar-refractivity contribution in [2.75, 3.05) is 0 Å². The molecule has 0 amide bonds. The predicted octanol–water partition coefficient (Wildman–Crippen LogP) is 4.14. The molecular formula is C24H38O7Si2. The minimum absolute atomic E-state index is 0.0590. The molecule has 7 nitrogen and oxygen atoms in total. The van der Waals surface area contributed by atoms with Crippen LogP contribution in [0.5, 0.6) is 0 Å². The van der Waals surface area contributed by atoms with Gasteiger partial charge in [-0.2, -0.15) is 0 Å². The molecule has 0 N–H and O–H groups in total. The first-order chi connectivity index (χ1) is 15.2.